The quantitative estimate of drug-likeness (QED) is 0.713. The number of nitrogens with zero attached hydrogens (tertiary/aromatic N) is 2. The Morgan fingerprint density at radius 1 is 1.60 bits per heavy atom. The molecule has 0 aromatic carbocycles. The van der Waals surface area contributed by atoms with Crippen molar-refractivity contribution in [2.75, 3.05) is 6.54 Å². The number of carbonyl (C=O) groups is 1. The van der Waals surface area contributed by atoms with Crippen LogP contribution in [-0.2, 0) is 4.79 Å². The van der Waals surface area contributed by atoms with Crippen molar-refractivity contribution in [2.45, 2.75) is 17.6 Å². The Labute approximate surface area is 91.9 Å². The van der Waals surface area contributed by atoms with E-state index in [1.165, 1.54) is 0 Å². The molecule has 5 heteroatoms. The van der Waals surface area contributed by atoms with E-state index in [1.54, 1.807) is 17.8 Å². The number of rotatable bonds is 1. The van der Waals surface area contributed by atoms with E-state index in [2.05, 4.69) is 15.3 Å². The minimum atomic E-state index is -0.433. The maximum Gasteiger partial charge on any atom is 0.267 e. The predicted octanol–water partition coefficient (Wildman–Crippen LogP) is 0.820. The van der Waals surface area contributed by atoms with Crippen LogP contribution in [0.1, 0.15) is 12.8 Å². The summed E-state index contributed by atoms with van der Waals surface area (Å²) in [4.78, 5) is 17.5. The first-order valence-electron chi connectivity index (χ1n) is 4.92. The molecule has 0 atom stereocenters. The minimum absolute atomic E-state index is 0.143. The van der Waals surface area contributed by atoms with Gasteiger partial charge in [0.1, 0.15) is 11.5 Å². The first-order valence-corrected chi connectivity index (χ1v) is 5.79. The molecular weight excluding hydrogens is 210 g/mol. The van der Waals surface area contributed by atoms with Gasteiger partial charge in [-0.05, 0) is 24.3 Å². The molecule has 1 fully saturated rings. The number of carbonyl (C=O) groups excluding carboxylic acids is 1. The minimum Gasteiger partial charge on any atom is -0.364 e. The van der Waals surface area contributed by atoms with Gasteiger partial charge in [-0.1, -0.05) is 0 Å². The Balaban J connectivity index is 2.01. The van der Waals surface area contributed by atoms with Gasteiger partial charge in [0.25, 0.3) is 5.91 Å². The monoisotopic (exact) mass is 221 g/mol. The molecular formula is C10H11N3OS. The highest BCUT2D eigenvalue weighted by Crippen LogP contribution is 2.53. The van der Waals surface area contributed by atoms with Crippen LogP contribution in [-0.4, -0.2) is 27.9 Å². The average molecular weight is 221 g/mol. The van der Waals surface area contributed by atoms with Crippen LogP contribution in [0.5, 0.6) is 0 Å². The number of hydrogen-bond acceptors (Lipinski definition) is 4. The highest BCUT2D eigenvalue weighted by Gasteiger charge is 2.51. The van der Waals surface area contributed by atoms with Crippen molar-refractivity contribution in [3.8, 4) is 0 Å². The van der Waals surface area contributed by atoms with E-state index in [0.29, 0.717) is 12.2 Å². The Kier molecular flexibility index (Phi) is 1.74. The van der Waals surface area contributed by atoms with Crippen molar-refractivity contribution in [1.82, 2.24) is 4.90 Å². The number of amides is 1. The van der Waals surface area contributed by atoms with Crippen molar-refractivity contribution in [1.29, 1.82) is 0 Å². The van der Waals surface area contributed by atoms with Gasteiger partial charge in [0, 0.05) is 12.7 Å². The van der Waals surface area contributed by atoms with E-state index in [-0.39, 0.29) is 4.75 Å². The van der Waals surface area contributed by atoms with Crippen LogP contribution in [0.25, 0.3) is 0 Å². The molecule has 1 saturated carbocycles. The lowest BCUT2D eigenvalue weighted by Crippen LogP contribution is -2.40. The average Bonchev–Trinajstić information content (AvgIpc) is 2.99. The van der Waals surface area contributed by atoms with Crippen LogP contribution in [0, 0.1) is 0 Å². The summed E-state index contributed by atoms with van der Waals surface area (Å²) in [5, 5.41) is 2.11. The summed E-state index contributed by atoms with van der Waals surface area (Å²) in [5.41, 5.74) is 5.65. The lowest BCUT2D eigenvalue weighted by Gasteiger charge is -2.32. The van der Waals surface area contributed by atoms with Crippen molar-refractivity contribution in [3.05, 3.63) is 23.4 Å². The summed E-state index contributed by atoms with van der Waals surface area (Å²) in [6.07, 6.45) is 6.08. The van der Waals surface area contributed by atoms with Crippen molar-refractivity contribution >= 4 is 23.5 Å². The maximum atomic E-state index is 11.1. The van der Waals surface area contributed by atoms with Gasteiger partial charge in [-0.2, -0.15) is 0 Å². The van der Waals surface area contributed by atoms with Gasteiger partial charge in [-0.15, -0.1) is 11.8 Å². The molecule has 0 aromatic rings. The number of thioether (sulfide) groups is 1. The zero-order valence-corrected chi connectivity index (χ0v) is 8.96. The Hall–Kier alpha value is -1.23. The summed E-state index contributed by atoms with van der Waals surface area (Å²) in [7, 11) is 0. The van der Waals surface area contributed by atoms with Crippen LogP contribution >= 0.6 is 11.8 Å². The summed E-state index contributed by atoms with van der Waals surface area (Å²) in [6, 6.07) is 0. The third-order valence-electron chi connectivity index (χ3n) is 2.88. The molecule has 0 bridgehead atoms. The summed E-state index contributed by atoms with van der Waals surface area (Å²) >= 11 is 1.80. The van der Waals surface area contributed by atoms with Crippen LogP contribution < -0.4 is 5.73 Å². The molecule has 78 valence electrons. The molecule has 3 aliphatic rings. The van der Waals surface area contributed by atoms with Gasteiger partial charge in [-0.3, -0.25) is 4.79 Å². The van der Waals surface area contributed by atoms with Crippen LogP contribution in [0.3, 0.4) is 0 Å². The largest absolute Gasteiger partial charge is 0.364 e. The molecule has 0 aromatic heterocycles. The SMILES string of the molecule is NC(=O)C1=CCN2C=CSC3(CC3)C2=N1. The van der Waals surface area contributed by atoms with Gasteiger partial charge in [0.2, 0.25) is 0 Å². The lowest BCUT2D eigenvalue weighted by atomic mass is 10.2. The fourth-order valence-corrected chi connectivity index (χ4v) is 2.96. The molecule has 2 heterocycles. The van der Waals surface area contributed by atoms with E-state index < -0.39 is 5.91 Å². The van der Waals surface area contributed by atoms with E-state index in [9.17, 15) is 4.79 Å². The first-order chi connectivity index (χ1) is 7.21. The molecule has 0 radical (unpaired) electrons. The second kappa shape index (κ2) is 2.88. The highest BCUT2D eigenvalue weighted by atomic mass is 32.2. The normalized spacial score (nSPS) is 25.7. The molecule has 3 rings (SSSR count). The van der Waals surface area contributed by atoms with Crippen LogP contribution in [0.15, 0.2) is 28.4 Å². The van der Waals surface area contributed by atoms with E-state index >= 15 is 0 Å². The fraction of sp³-hybridized carbons (Fsp3) is 0.400. The fourth-order valence-electron chi connectivity index (χ4n) is 1.89. The van der Waals surface area contributed by atoms with Crippen molar-refractivity contribution < 1.29 is 4.79 Å². The van der Waals surface area contributed by atoms with Gasteiger partial charge >= 0.3 is 0 Å². The first kappa shape index (κ1) is 9.03. The third-order valence-corrected chi connectivity index (χ3v) is 4.18. The Morgan fingerprint density at radius 2 is 2.40 bits per heavy atom. The molecule has 1 aliphatic carbocycles. The van der Waals surface area contributed by atoms with Gasteiger partial charge in [-0.25, -0.2) is 4.99 Å². The summed E-state index contributed by atoms with van der Waals surface area (Å²) < 4.78 is 0.143. The molecule has 0 saturated heterocycles. The van der Waals surface area contributed by atoms with Crippen LogP contribution in [0.4, 0.5) is 0 Å². The van der Waals surface area contributed by atoms with Crippen molar-refractivity contribution in [2.24, 2.45) is 10.7 Å². The number of aliphatic imine (C=N–C) groups is 1. The van der Waals surface area contributed by atoms with E-state index in [4.69, 9.17) is 5.73 Å². The highest BCUT2D eigenvalue weighted by molar-refractivity contribution is 8.04. The Bertz CT molecular complexity index is 420. The third kappa shape index (κ3) is 1.30. The van der Waals surface area contributed by atoms with Gasteiger partial charge in [0.05, 0.1) is 4.75 Å². The lowest BCUT2D eigenvalue weighted by molar-refractivity contribution is -0.114. The summed E-state index contributed by atoms with van der Waals surface area (Å²) in [6.45, 7) is 0.704. The van der Waals surface area contributed by atoms with Crippen molar-refractivity contribution in [3.63, 3.8) is 0 Å². The van der Waals surface area contributed by atoms with E-state index in [0.717, 1.165) is 18.7 Å². The smallest absolute Gasteiger partial charge is 0.267 e. The molecule has 2 aliphatic heterocycles. The zero-order valence-electron chi connectivity index (χ0n) is 8.14. The topological polar surface area (TPSA) is 58.7 Å². The second-order valence-corrected chi connectivity index (χ2v) is 5.23. The number of nitrogens with two attached hydrogens (primary N) is 1. The van der Waals surface area contributed by atoms with Gasteiger partial charge < -0.3 is 10.6 Å². The molecule has 1 amide bonds. The Morgan fingerprint density at radius 3 is 3.07 bits per heavy atom. The maximum absolute atomic E-state index is 11.1. The number of primary amides is 1. The number of fused-ring (bicyclic) bond motifs is 2. The molecule has 15 heavy (non-hydrogen) atoms. The number of hydrogen-bond donors (Lipinski definition) is 1. The molecule has 0 unspecified atom stereocenters. The van der Waals surface area contributed by atoms with Crippen LogP contribution in [0.2, 0.25) is 0 Å². The zero-order chi connectivity index (χ0) is 10.5. The summed E-state index contributed by atoms with van der Waals surface area (Å²) in [5.74, 6) is 0.573. The standard InChI is InChI=1S/C10H11N3OS/c11-8(14)7-1-4-13-5-6-15-10(2-3-10)9(13)12-7/h1,5-6H,2-4H2,(H2,11,14). The van der Waals surface area contributed by atoms with Gasteiger partial charge in [0.15, 0.2) is 0 Å². The predicted molar refractivity (Wildman–Crippen MR) is 60.1 cm³/mol. The molecule has 1 spiro atoms. The number of amidine groups is 1. The molecule has 2 N–H and O–H groups in total. The second-order valence-electron chi connectivity index (χ2n) is 3.94. The van der Waals surface area contributed by atoms with E-state index in [1.807, 2.05) is 6.20 Å². The molecule has 4 nitrogen and oxygen atoms in total.